The van der Waals surface area contributed by atoms with Gasteiger partial charge in [-0.15, -0.1) is 0 Å². The molecule has 1 unspecified atom stereocenters. The number of amidine groups is 1. The van der Waals surface area contributed by atoms with E-state index < -0.39 is 0 Å². The van der Waals surface area contributed by atoms with Gasteiger partial charge in [0.15, 0.2) is 0 Å². The molecule has 1 fully saturated rings. The van der Waals surface area contributed by atoms with E-state index in [2.05, 4.69) is 46.3 Å². The molecule has 5 nitrogen and oxygen atoms in total. The van der Waals surface area contributed by atoms with Crippen LogP contribution in [-0.2, 0) is 4.79 Å². The average molecular weight is 360 g/mol. The highest BCUT2D eigenvalue weighted by molar-refractivity contribution is 6.02. The van der Waals surface area contributed by atoms with Gasteiger partial charge >= 0.3 is 0 Å². The molecule has 5 heteroatoms. The molecule has 1 aromatic carbocycles. The number of likely N-dealkylation sites (tertiary alicyclic amines) is 1. The Hall–Kier alpha value is -2.66. The Kier molecular flexibility index (Phi) is 3.97. The Morgan fingerprint density at radius 2 is 1.85 bits per heavy atom. The van der Waals surface area contributed by atoms with Crippen molar-refractivity contribution >= 4 is 11.7 Å². The van der Waals surface area contributed by atoms with Gasteiger partial charge in [-0.2, -0.15) is 0 Å². The quantitative estimate of drug-likeness (QED) is 0.901. The first-order chi connectivity index (χ1) is 13.2. The molecule has 4 heterocycles. The Labute approximate surface area is 159 Å². The number of nitrogens with zero attached hydrogens (tertiary/aromatic N) is 3. The highest BCUT2D eigenvalue weighted by atomic mass is 16.1. The number of hydrogen-bond donors (Lipinski definition) is 1. The maximum absolute atomic E-state index is 11.9. The summed E-state index contributed by atoms with van der Waals surface area (Å²) in [6.07, 6.45) is 8.78. The van der Waals surface area contributed by atoms with Crippen molar-refractivity contribution in [2.45, 2.75) is 32.2 Å². The van der Waals surface area contributed by atoms with E-state index in [0.29, 0.717) is 6.04 Å². The van der Waals surface area contributed by atoms with Gasteiger partial charge in [0.25, 0.3) is 0 Å². The van der Waals surface area contributed by atoms with Gasteiger partial charge in [0, 0.05) is 48.1 Å². The first-order valence-electron chi connectivity index (χ1n) is 9.83. The fourth-order valence-electron chi connectivity index (χ4n) is 4.50. The van der Waals surface area contributed by atoms with Crippen molar-refractivity contribution in [3.63, 3.8) is 0 Å². The van der Waals surface area contributed by atoms with Crippen LogP contribution in [0.3, 0.4) is 0 Å². The lowest BCUT2D eigenvalue weighted by Gasteiger charge is -2.28. The van der Waals surface area contributed by atoms with Gasteiger partial charge in [-0.25, -0.2) is 4.99 Å². The van der Waals surface area contributed by atoms with E-state index in [-0.39, 0.29) is 5.91 Å². The van der Waals surface area contributed by atoms with Crippen LogP contribution < -0.4 is 5.32 Å². The topological polar surface area (TPSA) is 47.9 Å². The zero-order chi connectivity index (χ0) is 18.4. The molecule has 1 amide bonds. The summed E-state index contributed by atoms with van der Waals surface area (Å²) in [4.78, 5) is 21.4. The number of hydrogen-bond acceptors (Lipinski definition) is 4. The number of nitrogens with one attached hydrogen (secondary N) is 1. The first kappa shape index (κ1) is 16.5. The summed E-state index contributed by atoms with van der Waals surface area (Å²) in [5.74, 6) is 0.908. The minimum absolute atomic E-state index is 0.0588. The second kappa shape index (κ2) is 6.50. The summed E-state index contributed by atoms with van der Waals surface area (Å²) in [6.45, 7) is 5.55. The predicted octanol–water partition coefficient (Wildman–Crippen LogP) is 3.09. The maximum atomic E-state index is 11.9. The summed E-state index contributed by atoms with van der Waals surface area (Å²) in [6, 6.07) is 9.30. The zero-order valence-electron chi connectivity index (χ0n) is 15.6. The molecule has 1 atom stereocenters. The van der Waals surface area contributed by atoms with E-state index in [0.717, 1.165) is 41.3 Å². The third-order valence-corrected chi connectivity index (χ3v) is 6.02. The van der Waals surface area contributed by atoms with E-state index in [9.17, 15) is 4.79 Å². The summed E-state index contributed by atoms with van der Waals surface area (Å²) in [5.41, 5.74) is 5.58. The molecule has 0 spiro atoms. The lowest BCUT2D eigenvalue weighted by molar-refractivity contribution is -0.115. The third kappa shape index (κ3) is 2.82. The molecule has 0 saturated carbocycles. The first-order valence-corrected chi connectivity index (χ1v) is 9.83. The number of carbonyl (C=O) groups excluding carboxylic acids is 1. The molecule has 5 rings (SSSR count). The van der Waals surface area contributed by atoms with Crippen molar-refractivity contribution in [2.75, 3.05) is 19.6 Å². The van der Waals surface area contributed by atoms with Crippen LogP contribution in [0.15, 0.2) is 64.6 Å². The molecule has 4 aliphatic heterocycles. The Morgan fingerprint density at radius 1 is 1.07 bits per heavy atom. The standard InChI is InChI=1S/C22H24N4O/c1-15(25-11-2-3-12-25)16-4-6-17(7-5-16)22-23-14-18-8-9-20(27)24-19-10-13-26(22)21(18)19/h4-9,14-15H,2-3,10-13H2,1H3,(H,24,27). The fraction of sp³-hybridized carbons (Fsp3) is 0.364. The summed E-state index contributed by atoms with van der Waals surface area (Å²) < 4.78 is 0. The number of benzene rings is 1. The number of aliphatic imine (C=N–C) groups is 1. The minimum atomic E-state index is -0.0588. The van der Waals surface area contributed by atoms with Crippen molar-refractivity contribution in [1.29, 1.82) is 0 Å². The van der Waals surface area contributed by atoms with Crippen LogP contribution in [-0.4, -0.2) is 41.2 Å². The normalized spacial score (nSPS) is 23.0. The number of carbonyl (C=O) groups is 1. The molecular weight excluding hydrogens is 336 g/mol. The van der Waals surface area contributed by atoms with Crippen LogP contribution >= 0.6 is 0 Å². The van der Waals surface area contributed by atoms with Crippen molar-refractivity contribution in [1.82, 2.24) is 15.1 Å². The van der Waals surface area contributed by atoms with Gasteiger partial charge < -0.3 is 10.2 Å². The highest BCUT2D eigenvalue weighted by Crippen LogP contribution is 2.34. The Morgan fingerprint density at radius 3 is 2.63 bits per heavy atom. The lowest BCUT2D eigenvalue weighted by Crippen LogP contribution is -2.31. The van der Waals surface area contributed by atoms with Crippen LogP contribution in [0.1, 0.15) is 43.4 Å². The summed E-state index contributed by atoms with van der Waals surface area (Å²) >= 11 is 0. The van der Waals surface area contributed by atoms with E-state index in [4.69, 9.17) is 4.99 Å². The monoisotopic (exact) mass is 360 g/mol. The van der Waals surface area contributed by atoms with E-state index in [1.165, 1.54) is 31.5 Å². The highest BCUT2D eigenvalue weighted by Gasteiger charge is 2.32. The third-order valence-electron chi connectivity index (χ3n) is 6.02. The van der Waals surface area contributed by atoms with Gasteiger partial charge in [-0.1, -0.05) is 24.3 Å². The van der Waals surface area contributed by atoms with Crippen molar-refractivity contribution in [2.24, 2.45) is 4.99 Å². The minimum Gasteiger partial charge on any atom is -0.324 e. The summed E-state index contributed by atoms with van der Waals surface area (Å²) in [5, 5.41) is 3.01. The van der Waals surface area contributed by atoms with Crippen molar-refractivity contribution < 1.29 is 4.79 Å². The maximum Gasteiger partial charge on any atom is 0.248 e. The van der Waals surface area contributed by atoms with E-state index in [1.807, 2.05) is 12.3 Å². The van der Waals surface area contributed by atoms with E-state index in [1.54, 1.807) is 6.08 Å². The van der Waals surface area contributed by atoms with Crippen LogP contribution in [0, 0.1) is 0 Å². The average Bonchev–Trinajstić information content (AvgIpc) is 3.33. The van der Waals surface area contributed by atoms with Gasteiger partial charge in [0.2, 0.25) is 5.91 Å². The molecule has 1 N–H and O–H groups in total. The zero-order valence-corrected chi connectivity index (χ0v) is 15.6. The number of allylic oxidation sites excluding steroid dienone is 1. The predicted molar refractivity (Wildman–Crippen MR) is 106 cm³/mol. The van der Waals surface area contributed by atoms with E-state index >= 15 is 0 Å². The second-order valence-electron chi connectivity index (χ2n) is 7.63. The Bertz CT molecular complexity index is 901. The second-order valence-corrected chi connectivity index (χ2v) is 7.63. The van der Waals surface area contributed by atoms with Gasteiger partial charge in [0.1, 0.15) is 5.84 Å². The molecule has 1 aromatic rings. The van der Waals surface area contributed by atoms with Gasteiger partial charge in [-0.3, -0.25) is 9.69 Å². The smallest absolute Gasteiger partial charge is 0.248 e. The number of amides is 1. The van der Waals surface area contributed by atoms with Crippen LogP contribution in [0.25, 0.3) is 0 Å². The number of rotatable bonds is 3. The Balaban J connectivity index is 1.44. The molecule has 0 bridgehead atoms. The molecule has 1 saturated heterocycles. The molecule has 0 aromatic heterocycles. The SMILES string of the molecule is CC(c1ccc(C2=NC=C3C=CC(=O)NC4=C3N2CC4)cc1)N1CCCC1. The lowest BCUT2D eigenvalue weighted by atomic mass is 10.0. The summed E-state index contributed by atoms with van der Waals surface area (Å²) in [7, 11) is 0. The largest absolute Gasteiger partial charge is 0.324 e. The molecule has 0 radical (unpaired) electrons. The van der Waals surface area contributed by atoms with Crippen LogP contribution in [0.2, 0.25) is 0 Å². The van der Waals surface area contributed by atoms with Gasteiger partial charge in [0.05, 0.1) is 5.70 Å². The van der Waals surface area contributed by atoms with Crippen LogP contribution in [0.4, 0.5) is 0 Å². The fourth-order valence-corrected chi connectivity index (χ4v) is 4.50. The molecule has 138 valence electrons. The molecular formula is C22H24N4O. The van der Waals surface area contributed by atoms with Crippen molar-refractivity contribution in [3.8, 4) is 0 Å². The molecule has 0 aliphatic carbocycles. The molecule has 4 aliphatic rings. The van der Waals surface area contributed by atoms with Crippen LogP contribution in [0.5, 0.6) is 0 Å². The van der Waals surface area contributed by atoms with Crippen molar-refractivity contribution in [3.05, 3.63) is 70.7 Å². The van der Waals surface area contributed by atoms with Gasteiger partial charge in [-0.05, 0) is 44.5 Å². The molecule has 27 heavy (non-hydrogen) atoms.